The molecule has 1 N–H and O–H groups in total. The summed E-state index contributed by atoms with van der Waals surface area (Å²) in [6, 6.07) is 10.8. The van der Waals surface area contributed by atoms with Gasteiger partial charge in [0, 0.05) is 20.6 Å². The lowest BCUT2D eigenvalue weighted by molar-refractivity contribution is -0.137. The van der Waals surface area contributed by atoms with Crippen LogP contribution in [-0.4, -0.2) is 47.6 Å². The molecule has 0 bridgehead atoms. The van der Waals surface area contributed by atoms with Crippen LogP contribution < -0.4 is 10.1 Å². The maximum absolute atomic E-state index is 14.0. The lowest BCUT2D eigenvalue weighted by atomic mass is 10.1. The molecule has 2 aliphatic heterocycles. The number of likely N-dealkylation sites (N-methyl/N-ethyl adjacent to an activating group) is 1. The van der Waals surface area contributed by atoms with Gasteiger partial charge in [0.05, 0.1) is 5.56 Å². The van der Waals surface area contributed by atoms with E-state index < -0.39 is 24.3 Å². The predicted octanol–water partition coefficient (Wildman–Crippen LogP) is 5.92. The van der Waals surface area contributed by atoms with Crippen molar-refractivity contribution < 1.29 is 27.1 Å². The molecule has 2 heterocycles. The van der Waals surface area contributed by atoms with Crippen LogP contribution in [0.4, 0.5) is 17.6 Å². The zero-order valence-corrected chi connectivity index (χ0v) is 22.5. The number of hydrogen-bond acceptors (Lipinski definition) is 5. The van der Waals surface area contributed by atoms with Crippen molar-refractivity contribution in [3.05, 3.63) is 88.6 Å². The third-order valence-corrected chi connectivity index (χ3v) is 6.40. The standard InChI is InChI=1S/C26H28F4N4O2.C2H6/c1-15-6-8-18(9-7-15)10-11-34-22-23(32(4)17(3)33(5)24(22)35)31-25(34)36-21-13-19(16(2)27)12-20(14-21)26(28,29)30;1-2/h6-9,12-14,16,25,31H,3,10-11H2,1-2,4-5H3;1-2H3. The van der Waals surface area contributed by atoms with Crippen molar-refractivity contribution in [2.45, 2.75) is 52.8 Å². The number of nitrogens with zero attached hydrogens (tertiary/aromatic N) is 3. The van der Waals surface area contributed by atoms with Crippen molar-refractivity contribution in [2.24, 2.45) is 0 Å². The second-order valence-electron chi connectivity index (χ2n) is 8.98. The quantitative estimate of drug-likeness (QED) is 0.466. The number of nitrogens with one attached hydrogen (secondary N) is 1. The Hall–Kier alpha value is -3.69. The van der Waals surface area contributed by atoms with E-state index in [1.165, 1.54) is 11.0 Å². The Labute approximate surface area is 221 Å². The van der Waals surface area contributed by atoms with Crippen molar-refractivity contribution in [2.75, 3.05) is 20.6 Å². The van der Waals surface area contributed by atoms with Gasteiger partial charge in [0.2, 0.25) is 0 Å². The number of halogens is 4. The zero-order valence-electron chi connectivity index (χ0n) is 22.5. The van der Waals surface area contributed by atoms with Crippen molar-refractivity contribution in [3.63, 3.8) is 0 Å². The van der Waals surface area contributed by atoms with E-state index in [0.29, 0.717) is 30.3 Å². The minimum absolute atomic E-state index is 0.150. The van der Waals surface area contributed by atoms with Crippen molar-refractivity contribution in [3.8, 4) is 5.75 Å². The Kier molecular flexibility index (Phi) is 8.64. The van der Waals surface area contributed by atoms with E-state index in [1.807, 2.05) is 45.0 Å². The Morgan fingerprint density at radius 2 is 1.71 bits per heavy atom. The third kappa shape index (κ3) is 5.89. The van der Waals surface area contributed by atoms with Crippen molar-refractivity contribution in [1.29, 1.82) is 0 Å². The summed E-state index contributed by atoms with van der Waals surface area (Å²) in [5.74, 6) is 0.378. The fourth-order valence-corrected chi connectivity index (χ4v) is 4.17. The van der Waals surface area contributed by atoms with Gasteiger partial charge in [0.15, 0.2) is 0 Å². The Balaban J connectivity index is 0.00000195. The topological polar surface area (TPSA) is 48.1 Å². The van der Waals surface area contributed by atoms with E-state index in [9.17, 15) is 22.4 Å². The first kappa shape index (κ1) is 28.9. The van der Waals surface area contributed by atoms with Crippen LogP contribution in [0.5, 0.6) is 5.75 Å². The molecule has 0 saturated carbocycles. The number of benzene rings is 2. The van der Waals surface area contributed by atoms with Gasteiger partial charge in [-0.1, -0.05) is 50.3 Å². The smallest absolute Gasteiger partial charge is 0.416 e. The normalized spacial score (nSPS) is 18.2. The van der Waals surface area contributed by atoms with E-state index in [4.69, 9.17) is 4.74 Å². The highest BCUT2D eigenvalue weighted by molar-refractivity contribution is 5.96. The van der Waals surface area contributed by atoms with Gasteiger partial charge in [0.1, 0.15) is 29.3 Å². The van der Waals surface area contributed by atoms with Crippen LogP contribution in [0.1, 0.15) is 49.2 Å². The summed E-state index contributed by atoms with van der Waals surface area (Å²) in [6.45, 7) is 11.4. The molecule has 0 fully saturated rings. The fourth-order valence-electron chi connectivity index (χ4n) is 4.17. The zero-order chi connectivity index (χ0) is 28.4. The monoisotopic (exact) mass is 534 g/mol. The Morgan fingerprint density at radius 3 is 2.29 bits per heavy atom. The largest absolute Gasteiger partial charge is 0.452 e. The van der Waals surface area contributed by atoms with Crippen molar-refractivity contribution in [1.82, 2.24) is 20.0 Å². The van der Waals surface area contributed by atoms with Gasteiger partial charge in [-0.25, -0.2) is 4.39 Å². The summed E-state index contributed by atoms with van der Waals surface area (Å²) >= 11 is 0. The molecule has 2 aliphatic rings. The maximum Gasteiger partial charge on any atom is 0.416 e. The Bertz CT molecular complexity index is 1210. The molecular formula is C28H34F4N4O2. The van der Waals surface area contributed by atoms with Gasteiger partial charge in [0.25, 0.3) is 12.3 Å². The molecule has 0 saturated heterocycles. The molecule has 10 heteroatoms. The van der Waals surface area contributed by atoms with Gasteiger partial charge < -0.3 is 19.9 Å². The van der Waals surface area contributed by atoms with E-state index in [1.54, 1.807) is 23.9 Å². The van der Waals surface area contributed by atoms with Gasteiger partial charge >= 0.3 is 6.18 Å². The number of aryl methyl sites for hydroxylation is 1. The van der Waals surface area contributed by atoms with Crippen LogP contribution in [0.3, 0.4) is 0 Å². The second-order valence-corrected chi connectivity index (χ2v) is 8.98. The van der Waals surface area contributed by atoms with E-state index in [-0.39, 0.29) is 17.2 Å². The highest BCUT2D eigenvalue weighted by atomic mass is 19.4. The molecule has 206 valence electrons. The SMILES string of the molecule is C=C1N(C)C(=O)C2=C(NC(Oc3cc(C(C)F)cc(C(F)(F)F)c3)N2CCc2ccc(C)cc2)N1C.CC. The van der Waals surface area contributed by atoms with E-state index in [2.05, 4.69) is 11.9 Å². The molecular weight excluding hydrogens is 500 g/mol. The summed E-state index contributed by atoms with van der Waals surface area (Å²) < 4.78 is 60.4. The Morgan fingerprint density at radius 1 is 1.08 bits per heavy atom. The van der Waals surface area contributed by atoms with Crippen LogP contribution in [0.15, 0.2) is 66.4 Å². The average Bonchev–Trinajstić information content (AvgIpc) is 3.24. The van der Waals surface area contributed by atoms with Crippen LogP contribution in [0, 0.1) is 6.92 Å². The van der Waals surface area contributed by atoms with E-state index in [0.717, 1.165) is 30.2 Å². The first-order valence-corrected chi connectivity index (χ1v) is 12.4. The summed E-state index contributed by atoms with van der Waals surface area (Å²) in [5, 5.41) is 3.10. The molecule has 2 atom stereocenters. The maximum atomic E-state index is 14.0. The average molecular weight is 535 g/mol. The third-order valence-electron chi connectivity index (χ3n) is 6.40. The first-order chi connectivity index (χ1) is 17.9. The summed E-state index contributed by atoms with van der Waals surface area (Å²) in [4.78, 5) is 18.0. The molecule has 0 radical (unpaired) electrons. The molecule has 4 rings (SSSR count). The molecule has 2 unspecified atom stereocenters. The summed E-state index contributed by atoms with van der Waals surface area (Å²) in [6.07, 6.45) is -6.75. The molecule has 38 heavy (non-hydrogen) atoms. The minimum atomic E-state index is -4.68. The van der Waals surface area contributed by atoms with Gasteiger partial charge in [-0.2, -0.15) is 13.2 Å². The first-order valence-electron chi connectivity index (χ1n) is 12.4. The molecule has 2 aromatic rings. The molecule has 1 amide bonds. The highest BCUT2D eigenvalue weighted by Gasteiger charge is 2.44. The fraction of sp³-hybridized carbons (Fsp3) is 0.393. The molecule has 0 aliphatic carbocycles. The number of ether oxygens (including phenoxy) is 1. The highest BCUT2D eigenvalue weighted by Crippen LogP contribution is 2.37. The number of hydrogen-bond donors (Lipinski definition) is 1. The second kappa shape index (κ2) is 11.4. The van der Waals surface area contributed by atoms with Crippen LogP contribution >= 0.6 is 0 Å². The molecule has 0 spiro atoms. The lowest BCUT2D eigenvalue weighted by Gasteiger charge is -2.35. The summed E-state index contributed by atoms with van der Waals surface area (Å²) in [7, 11) is 3.32. The van der Waals surface area contributed by atoms with Crippen molar-refractivity contribution >= 4 is 5.91 Å². The molecule has 2 aromatic carbocycles. The number of rotatable bonds is 6. The van der Waals surface area contributed by atoms with E-state index >= 15 is 0 Å². The van der Waals surface area contributed by atoms with Crippen LogP contribution in [0.2, 0.25) is 0 Å². The van der Waals surface area contributed by atoms with Crippen LogP contribution in [0.25, 0.3) is 0 Å². The van der Waals surface area contributed by atoms with Gasteiger partial charge in [-0.3, -0.25) is 9.69 Å². The molecule has 0 aromatic heterocycles. The lowest BCUT2D eigenvalue weighted by Crippen LogP contribution is -2.45. The number of amides is 1. The number of alkyl halides is 4. The minimum Gasteiger partial charge on any atom is -0.452 e. The predicted molar refractivity (Wildman–Crippen MR) is 138 cm³/mol. The molecule has 6 nitrogen and oxygen atoms in total. The number of carbonyl (C=O) groups is 1. The summed E-state index contributed by atoms with van der Waals surface area (Å²) in [5.41, 5.74) is 1.29. The van der Waals surface area contributed by atoms with Gasteiger partial charge in [-0.15, -0.1) is 0 Å². The number of carbonyl (C=O) groups excluding carboxylic acids is 1. The van der Waals surface area contributed by atoms with Crippen LogP contribution in [-0.2, 0) is 17.4 Å². The van der Waals surface area contributed by atoms with Gasteiger partial charge in [-0.05, 0) is 49.6 Å².